The molecule has 1 N–H and O–H groups in total. The van der Waals surface area contributed by atoms with Gasteiger partial charge in [-0.25, -0.2) is 4.79 Å². The molecule has 3 rings (SSSR count). The van der Waals surface area contributed by atoms with E-state index < -0.39 is 5.60 Å². The van der Waals surface area contributed by atoms with Gasteiger partial charge in [-0.1, -0.05) is 30.3 Å². The van der Waals surface area contributed by atoms with E-state index in [4.69, 9.17) is 4.74 Å². The first-order valence-corrected chi connectivity index (χ1v) is 9.04. The topological polar surface area (TPSA) is 59.4 Å². The fourth-order valence-electron chi connectivity index (χ4n) is 3.43. The number of alkyl carbamates (subject to hydrolysis) is 1. The van der Waals surface area contributed by atoms with E-state index in [9.17, 15) is 4.79 Å². The lowest BCUT2D eigenvalue weighted by Crippen LogP contribution is -2.42. The van der Waals surface area contributed by atoms with Gasteiger partial charge >= 0.3 is 6.09 Å². The Hall–Kier alpha value is -2.34. The number of aryl methyl sites for hydroxylation is 1. The second kappa shape index (κ2) is 7.50. The van der Waals surface area contributed by atoms with Gasteiger partial charge in [-0.05, 0) is 31.9 Å². The Morgan fingerprint density at radius 2 is 2.00 bits per heavy atom. The number of benzene rings is 1. The quantitative estimate of drug-likeness (QED) is 0.915. The molecule has 1 amide bonds. The lowest BCUT2D eigenvalue weighted by Gasteiger charge is -2.24. The van der Waals surface area contributed by atoms with Crippen LogP contribution >= 0.6 is 0 Å². The van der Waals surface area contributed by atoms with Gasteiger partial charge < -0.3 is 10.1 Å². The van der Waals surface area contributed by atoms with Crippen LogP contribution in [-0.4, -0.2) is 45.5 Å². The summed E-state index contributed by atoms with van der Waals surface area (Å²) in [4.78, 5) is 14.7. The number of nitrogens with one attached hydrogen (secondary N) is 1. The van der Waals surface area contributed by atoms with Crippen LogP contribution in [0.15, 0.2) is 42.7 Å². The van der Waals surface area contributed by atoms with E-state index in [1.807, 2.05) is 46.3 Å². The molecule has 1 fully saturated rings. The van der Waals surface area contributed by atoms with Gasteiger partial charge in [0.1, 0.15) is 5.60 Å². The maximum absolute atomic E-state index is 12.3. The molecule has 6 nitrogen and oxygen atoms in total. The average molecular weight is 356 g/mol. The third-order valence-corrected chi connectivity index (χ3v) is 4.50. The zero-order valence-corrected chi connectivity index (χ0v) is 16.0. The first kappa shape index (κ1) is 18.5. The number of ether oxygens (including phenoxy) is 1. The molecule has 1 aliphatic heterocycles. The Balaban J connectivity index is 1.72. The van der Waals surface area contributed by atoms with E-state index >= 15 is 0 Å². The minimum absolute atomic E-state index is 0.00207. The van der Waals surface area contributed by atoms with Gasteiger partial charge in [-0.3, -0.25) is 9.58 Å². The van der Waals surface area contributed by atoms with Crippen LogP contribution in [0.25, 0.3) is 0 Å². The van der Waals surface area contributed by atoms with Crippen LogP contribution in [0.1, 0.15) is 37.8 Å². The zero-order valence-electron chi connectivity index (χ0n) is 16.0. The Labute approximate surface area is 155 Å². The van der Waals surface area contributed by atoms with Crippen molar-refractivity contribution in [3.63, 3.8) is 0 Å². The van der Waals surface area contributed by atoms with Crippen LogP contribution in [0.3, 0.4) is 0 Å². The fourth-order valence-corrected chi connectivity index (χ4v) is 3.43. The molecule has 0 saturated carbocycles. The molecule has 1 aliphatic rings. The summed E-state index contributed by atoms with van der Waals surface area (Å²) in [5.74, 6) is 0.194. The lowest BCUT2D eigenvalue weighted by molar-refractivity contribution is 0.0502. The highest BCUT2D eigenvalue weighted by molar-refractivity contribution is 5.68. The van der Waals surface area contributed by atoms with Crippen molar-refractivity contribution in [1.29, 1.82) is 0 Å². The van der Waals surface area contributed by atoms with Gasteiger partial charge in [0.05, 0.1) is 12.2 Å². The summed E-state index contributed by atoms with van der Waals surface area (Å²) in [6.45, 7) is 8.16. The molecule has 0 aliphatic carbocycles. The molecule has 0 bridgehead atoms. The number of aromatic nitrogens is 2. The van der Waals surface area contributed by atoms with Crippen molar-refractivity contribution < 1.29 is 9.53 Å². The highest BCUT2D eigenvalue weighted by atomic mass is 16.6. The molecule has 6 heteroatoms. The van der Waals surface area contributed by atoms with E-state index in [1.54, 1.807) is 4.68 Å². The standard InChI is InChI=1S/C20H28N4O2/c1-20(2,3)26-19(25)22-18-14-24(11-15-8-6-5-7-9-15)13-17(18)16-10-21-23(4)12-16/h5-10,12,17-18H,11,13-14H2,1-4H3,(H,22,25)/t17-,18+/m0/s1. The molecule has 1 aromatic carbocycles. The van der Waals surface area contributed by atoms with Gasteiger partial charge in [-0.15, -0.1) is 0 Å². The average Bonchev–Trinajstić information content (AvgIpc) is 3.12. The molecule has 1 saturated heterocycles. The zero-order chi connectivity index (χ0) is 18.7. The predicted molar refractivity (Wildman–Crippen MR) is 101 cm³/mol. The number of carbonyl (C=O) groups excluding carboxylic acids is 1. The second-order valence-corrected chi connectivity index (χ2v) is 7.99. The monoisotopic (exact) mass is 356 g/mol. The largest absolute Gasteiger partial charge is 0.444 e. The summed E-state index contributed by atoms with van der Waals surface area (Å²) in [6.07, 6.45) is 3.55. The smallest absolute Gasteiger partial charge is 0.407 e. The lowest BCUT2D eigenvalue weighted by atomic mass is 9.97. The van der Waals surface area contributed by atoms with Gasteiger partial charge in [0, 0.05) is 38.8 Å². The van der Waals surface area contributed by atoms with Crippen LogP contribution < -0.4 is 5.32 Å². The summed E-state index contributed by atoms with van der Waals surface area (Å²) in [7, 11) is 1.91. The van der Waals surface area contributed by atoms with Gasteiger partial charge in [-0.2, -0.15) is 5.10 Å². The summed E-state index contributed by atoms with van der Waals surface area (Å²) >= 11 is 0. The Bertz CT molecular complexity index is 736. The van der Waals surface area contributed by atoms with Crippen molar-refractivity contribution in [2.75, 3.05) is 13.1 Å². The van der Waals surface area contributed by atoms with E-state index in [2.05, 4.69) is 39.6 Å². The number of carbonyl (C=O) groups is 1. The SMILES string of the molecule is Cn1cc([C@@H]2CN(Cc3ccccc3)C[C@H]2NC(=O)OC(C)(C)C)cn1. The summed E-state index contributed by atoms with van der Waals surface area (Å²) in [6, 6.07) is 10.4. The van der Waals surface area contributed by atoms with Crippen molar-refractivity contribution in [2.45, 2.75) is 44.9 Å². The third-order valence-electron chi connectivity index (χ3n) is 4.50. The van der Waals surface area contributed by atoms with Gasteiger partial charge in [0.25, 0.3) is 0 Å². The minimum Gasteiger partial charge on any atom is -0.444 e. The van der Waals surface area contributed by atoms with Crippen molar-refractivity contribution in [3.8, 4) is 0 Å². The number of amides is 1. The summed E-state index contributed by atoms with van der Waals surface area (Å²) < 4.78 is 7.26. The maximum Gasteiger partial charge on any atom is 0.407 e. The number of hydrogen-bond donors (Lipinski definition) is 1. The number of nitrogens with zero attached hydrogens (tertiary/aromatic N) is 3. The molecule has 140 valence electrons. The predicted octanol–water partition coefficient (Wildman–Crippen LogP) is 2.91. The van der Waals surface area contributed by atoms with Crippen molar-refractivity contribution in [2.24, 2.45) is 7.05 Å². The highest BCUT2D eigenvalue weighted by Crippen LogP contribution is 2.28. The van der Waals surface area contributed by atoms with E-state index in [0.29, 0.717) is 0 Å². The molecule has 2 atom stereocenters. The van der Waals surface area contributed by atoms with Crippen LogP contribution in [0.2, 0.25) is 0 Å². The maximum atomic E-state index is 12.3. The molecule has 2 aromatic rings. The molecule has 26 heavy (non-hydrogen) atoms. The Kier molecular flexibility index (Phi) is 5.32. The molecule has 0 radical (unpaired) electrons. The van der Waals surface area contributed by atoms with E-state index in [0.717, 1.165) is 25.2 Å². The number of rotatable bonds is 4. The number of likely N-dealkylation sites (tertiary alicyclic amines) is 1. The fraction of sp³-hybridized carbons (Fsp3) is 0.500. The summed E-state index contributed by atoms with van der Waals surface area (Å²) in [5.41, 5.74) is 1.91. The first-order valence-electron chi connectivity index (χ1n) is 9.04. The van der Waals surface area contributed by atoms with E-state index in [-0.39, 0.29) is 18.1 Å². The van der Waals surface area contributed by atoms with Crippen molar-refractivity contribution >= 4 is 6.09 Å². The van der Waals surface area contributed by atoms with Crippen LogP contribution in [0.4, 0.5) is 4.79 Å². The molecule has 2 heterocycles. The molecular formula is C20H28N4O2. The Morgan fingerprint density at radius 3 is 2.62 bits per heavy atom. The minimum atomic E-state index is -0.504. The van der Waals surface area contributed by atoms with Crippen molar-refractivity contribution in [3.05, 3.63) is 53.9 Å². The van der Waals surface area contributed by atoms with E-state index in [1.165, 1.54) is 5.56 Å². The van der Waals surface area contributed by atoms with Gasteiger partial charge in [0.2, 0.25) is 0 Å². The van der Waals surface area contributed by atoms with Crippen LogP contribution in [-0.2, 0) is 18.3 Å². The molecule has 0 unspecified atom stereocenters. The van der Waals surface area contributed by atoms with Gasteiger partial charge in [0.15, 0.2) is 0 Å². The number of hydrogen-bond acceptors (Lipinski definition) is 4. The molecular weight excluding hydrogens is 328 g/mol. The van der Waals surface area contributed by atoms with Crippen LogP contribution in [0, 0.1) is 0 Å². The molecule has 1 aromatic heterocycles. The third kappa shape index (κ3) is 4.85. The summed E-state index contributed by atoms with van der Waals surface area (Å²) in [5, 5.41) is 7.37. The Morgan fingerprint density at radius 1 is 1.27 bits per heavy atom. The van der Waals surface area contributed by atoms with Crippen LogP contribution in [0.5, 0.6) is 0 Å². The highest BCUT2D eigenvalue weighted by Gasteiger charge is 2.36. The van der Waals surface area contributed by atoms with Crippen molar-refractivity contribution in [1.82, 2.24) is 20.0 Å². The second-order valence-electron chi connectivity index (χ2n) is 7.99. The first-order chi connectivity index (χ1) is 12.3. The molecule has 0 spiro atoms. The normalized spacial score (nSPS) is 20.9.